The van der Waals surface area contributed by atoms with Crippen molar-refractivity contribution in [1.29, 1.82) is 0 Å². The highest BCUT2D eigenvalue weighted by atomic mass is 32.2. The Labute approximate surface area is 314 Å². The van der Waals surface area contributed by atoms with Crippen molar-refractivity contribution in [2.24, 2.45) is 0 Å². The van der Waals surface area contributed by atoms with Gasteiger partial charge in [-0.15, -0.1) is 11.8 Å². The van der Waals surface area contributed by atoms with Crippen LogP contribution in [-0.4, -0.2) is 23.0 Å². The van der Waals surface area contributed by atoms with Crippen molar-refractivity contribution in [1.82, 2.24) is 5.32 Å². The van der Waals surface area contributed by atoms with E-state index >= 15 is 0 Å². The molecule has 53 heavy (non-hydrogen) atoms. The summed E-state index contributed by atoms with van der Waals surface area (Å²) in [7, 11) is 0. The number of hydrogen-bond acceptors (Lipinski definition) is 5. The third-order valence-corrected chi connectivity index (χ3v) is 9.62. The standard InChI is InChI=1S/C45H39N3O4S/c1-2-42(45(51)48(37-19-11-5-12-20-37)38-21-13-6-14-22-38)53-40-29-25-36(26-30-40)46-44(50)41(47-43(49)35-17-9-4-10-18-35)31-33-23-27-39(28-24-33)52-32-34-15-7-3-8-16-34/h3-31,42H,2,32H2,1H3,(H,46,50)(H,47,49)/b41-31-. The van der Waals surface area contributed by atoms with Gasteiger partial charge in [-0.25, -0.2) is 0 Å². The predicted octanol–water partition coefficient (Wildman–Crippen LogP) is 9.91. The first kappa shape index (κ1) is 36.4. The molecule has 8 heteroatoms. The summed E-state index contributed by atoms with van der Waals surface area (Å²) in [6, 6.07) is 52.6. The van der Waals surface area contributed by atoms with Gasteiger partial charge in [0.25, 0.3) is 11.8 Å². The number of rotatable bonds is 14. The molecule has 2 N–H and O–H groups in total. The summed E-state index contributed by atoms with van der Waals surface area (Å²) in [5.74, 6) is -0.228. The molecule has 0 saturated carbocycles. The Kier molecular flexibility index (Phi) is 12.5. The van der Waals surface area contributed by atoms with Crippen molar-refractivity contribution in [3.8, 4) is 5.75 Å². The Morgan fingerprint density at radius 2 is 1.23 bits per heavy atom. The Morgan fingerprint density at radius 3 is 1.79 bits per heavy atom. The lowest BCUT2D eigenvalue weighted by Gasteiger charge is -2.27. The average Bonchev–Trinajstić information content (AvgIpc) is 3.21. The Morgan fingerprint density at radius 1 is 0.679 bits per heavy atom. The Hall–Kier alpha value is -6.38. The molecule has 0 saturated heterocycles. The van der Waals surface area contributed by atoms with Crippen molar-refractivity contribution in [2.45, 2.75) is 30.1 Å². The molecule has 0 heterocycles. The van der Waals surface area contributed by atoms with Crippen LogP contribution in [0.5, 0.6) is 5.75 Å². The van der Waals surface area contributed by atoms with Crippen LogP contribution in [0.4, 0.5) is 17.1 Å². The number of carbonyl (C=O) groups is 3. The van der Waals surface area contributed by atoms with Gasteiger partial charge >= 0.3 is 0 Å². The van der Waals surface area contributed by atoms with Gasteiger partial charge in [-0.2, -0.15) is 0 Å². The second-order valence-corrected chi connectivity index (χ2v) is 13.3. The smallest absolute Gasteiger partial charge is 0.272 e. The van der Waals surface area contributed by atoms with E-state index in [9.17, 15) is 14.4 Å². The first-order chi connectivity index (χ1) is 26.0. The van der Waals surface area contributed by atoms with Crippen molar-refractivity contribution >= 4 is 52.6 Å². The molecule has 0 aliphatic rings. The maximum Gasteiger partial charge on any atom is 0.272 e. The van der Waals surface area contributed by atoms with Crippen LogP contribution in [0.1, 0.15) is 34.8 Å². The van der Waals surface area contributed by atoms with Gasteiger partial charge < -0.3 is 15.4 Å². The molecule has 1 atom stereocenters. The van der Waals surface area contributed by atoms with Gasteiger partial charge in [0, 0.05) is 27.5 Å². The van der Waals surface area contributed by atoms with Gasteiger partial charge in [-0.05, 0) is 96.4 Å². The minimum atomic E-state index is -0.484. The molecular formula is C45H39N3O4S. The maximum atomic E-state index is 14.0. The molecule has 6 aromatic carbocycles. The first-order valence-electron chi connectivity index (χ1n) is 17.3. The lowest BCUT2D eigenvalue weighted by Crippen LogP contribution is -2.34. The fraction of sp³-hybridized carbons (Fsp3) is 0.0889. The number of benzene rings is 6. The summed E-state index contributed by atoms with van der Waals surface area (Å²) < 4.78 is 5.91. The maximum absolute atomic E-state index is 14.0. The third-order valence-electron chi connectivity index (χ3n) is 8.25. The molecule has 6 aromatic rings. The number of thioether (sulfide) groups is 1. The van der Waals surface area contributed by atoms with Gasteiger partial charge in [-0.3, -0.25) is 19.3 Å². The molecule has 264 valence electrons. The summed E-state index contributed by atoms with van der Waals surface area (Å²) in [6.45, 7) is 2.44. The molecule has 0 fully saturated rings. The monoisotopic (exact) mass is 717 g/mol. The van der Waals surface area contributed by atoms with E-state index in [2.05, 4.69) is 10.6 Å². The summed E-state index contributed by atoms with van der Waals surface area (Å²) in [5, 5.41) is 5.35. The highest BCUT2D eigenvalue weighted by Gasteiger charge is 2.26. The van der Waals surface area contributed by atoms with Crippen molar-refractivity contribution < 1.29 is 19.1 Å². The fourth-order valence-corrected chi connectivity index (χ4v) is 6.49. The molecule has 3 amide bonds. The zero-order valence-corrected chi connectivity index (χ0v) is 30.0. The van der Waals surface area contributed by atoms with Crippen molar-refractivity contribution in [3.63, 3.8) is 0 Å². The number of anilines is 3. The van der Waals surface area contributed by atoms with Crippen molar-refractivity contribution in [3.05, 3.63) is 192 Å². The minimum absolute atomic E-state index is 0.0213. The highest BCUT2D eigenvalue weighted by Crippen LogP contribution is 2.33. The number of para-hydroxylation sites is 2. The van der Waals surface area contributed by atoms with E-state index in [-0.39, 0.29) is 16.9 Å². The van der Waals surface area contributed by atoms with E-state index in [1.807, 2.05) is 140 Å². The van der Waals surface area contributed by atoms with E-state index < -0.39 is 11.8 Å². The van der Waals surface area contributed by atoms with Gasteiger partial charge in [0.2, 0.25) is 5.91 Å². The summed E-state index contributed by atoms with van der Waals surface area (Å²) in [6.07, 6.45) is 2.25. The molecule has 0 aromatic heterocycles. The van der Waals surface area contributed by atoms with Gasteiger partial charge in [0.15, 0.2) is 0 Å². The van der Waals surface area contributed by atoms with E-state index in [0.29, 0.717) is 35.6 Å². The number of carbonyl (C=O) groups excluding carboxylic acids is 3. The van der Waals surface area contributed by atoms with Crippen LogP contribution in [0.2, 0.25) is 0 Å². The minimum Gasteiger partial charge on any atom is -0.489 e. The summed E-state index contributed by atoms with van der Waals surface area (Å²) in [5.41, 5.74) is 4.41. The summed E-state index contributed by atoms with van der Waals surface area (Å²) in [4.78, 5) is 43.5. The van der Waals surface area contributed by atoms with E-state index in [1.54, 1.807) is 47.4 Å². The van der Waals surface area contributed by atoms with Crippen LogP contribution in [0.25, 0.3) is 6.08 Å². The Bertz CT molecular complexity index is 2090. The SMILES string of the molecule is CCC(Sc1ccc(NC(=O)/C(=C/c2ccc(OCc3ccccc3)cc2)NC(=O)c2ccccc2)cc1)C(=O)N(c1ccccc1)c1ccccc1. The molecule has 0 spiro atoms. The van der Waals surface area contributed by atoms with Gasteiger partial charge in [-0.1, -0.05) is 104 Å². The Balaban J connectivity index is 1.16. The normalized spacial score (nSPS) is 11.6. The number of ether oxygens (including phenoxy) is 1. The first-order valence-corrected chi connectivity index (χ1v) is 18.2. The van der Waals surface area contributed by atoms with Crippen LogP contribution in [0, 0.1) is 0 Å². The number of nitrogens with one attached hydrogen (secondary N) is 2. The lowest BCUT2D eigenvalue weighted by molar-refractivity contribution is -0.117. The molecular weight excluding hydrogens is 679 g/mol. The molecule has 0 aliphatic heterocycles. The van der Waals surface area contributed by atoms with E-state index in [4.69, 9.17) is 4.74 Å². The number of hydrogen-bond donors (Lipinski definition) is 2. The molecule has 7 nitrogen and oxygen atoms in total. The fourth-order valence-electron chi connectivity index (χ4n) is 5.50. The molecule has 0 bridgehead atoms. The second kappa shape index (κ2) is 18.2. The zero-order valence-electron chi connectivity index (χ0n) is 29.2. The number of amides is 3. The second-order valence-electron chi connectivity index (χ2n) is 12.1. The topological polar surface area (TPSA) is 87.7 Å². The third kappa shape index (κ3) is 10.1. The quantitative estimate of drug-likeness (QED) is 0.0866. The van der Waals surface area contributed by atoms with Crippen LogP contribution >= 0.6 is 11.8 Å². The summed E-state index contributed by atoms with van der Waals surface area (Å²) >= 11 is 1.48. The number of nitrogens with zero attached hydrogens (tertiary/aromatic N) is 1. The average molecular weight is 718 g/mol. The van der Waals surface area contributed by atoms with Crippen LogP contribution in [0.15, 0.2) is 180 Å². The zero-order chi connectivity index (χ0) is 36.8. The molecule has 0 aliphatic carbocycles. The highest BCUT2D eigenvalue weighted by molar-refractivity contribution is 8.00. The molecule has 1 unspecified atom stereocenters. The van der Waals surface area contributed by atoms with Crippen molar-refractivity contribution in [2.75, 3.05) is 10.2 Å². The lowest BCUT2D eigenvalue weighted by atomic mass is 10.1. The molecule has 0 radical (unpaired) electrons. The van der Waals surface area contributed by atoms with Crippen LogP contribution < -0.4 is 20.3 Å². The molecule has 6 rings (SSSR count). The van der Waals surface area contributed by atoms with Crippen LogP contribution in [0.3, 0.4) is 0 Å². The van der Waals surface area contributed by atoms with E-state index in [0.717, 1.165) is 21.8 Å². The predicted molar refractivity (Wildman–Crippen MR) is 214 cm³/mol. The largest absolute Gasteiger partial charge is 0.489 e. The van der Waals surface area contributed by atoms with Gasteiger partial charge in [0.1, 0.15) is 18.1 Å². The van der Waals surface area contributed by atoms with Gasteiger partial charge in [0.05, 0.1) is 5.25 Å². The van der Waals surface area contributed by atoms with Crippen LogP contribution in [-0.2, 0) is 16.2 Å². The van der Waals surface area contributed by atoms with E-state index in [1.165, 1.54) is 11.8 Å².